The Bertz CT molecular complexity index is 808. The molecule has 3 heteroatoms. The van der Waals surface area contributed by atoms with E-state index in [-0.39, 0.29) is 0 Å². The first-order valence-electron chi connectivity index (χ1n) is 7.98. The average Bonchev–Trinajstić information content (AvgIpc) is 2.67. The predicted molar refractivity (Wildman–Crippen MR) is 99.2 cm³/mol. The molecule has 1 heterocycles. The smallest absolute Gasteiger partial charge is 0.164 e. The van der Waals surface area contributed by atoms with Crippen LogP contribution in [0, 0.1) is 0 Å². The molecule has 0 bridgehead atoms. The molecule has 0 N–H and O–H groups in total. The number of allylic oxidation sites excluding steroid dienone is 4. The molecule has 2 aromatic carbocycles. The van der Waals surface area contributed by atoms with Gasteiger partial charge < -0.3 is 0 Å². The van der Waals surface area contributed by atoms with E-state index < -0.39 is 0 Å². The van der Waals surface area contributed by atoms with Crippen molar-refractivity contribution in [2.75, 3.05) is 0 Å². The number of nitrogens with zero attached hydrogens (tertiary/aromatic N) is 3. The van der Waals surface area contributed by atoms with Crippen molar-refractivity contribution < 1.29 is 0 Å². The van der Waals surface area contributed by atoms with Gasteiger partial charge >= 0.3 is 0 Å². The van der Waals surface area contributed by atoms with E-state index in [4.69, 9.17) is 0 Å². The first kappa shape index (κ1) is 15.8. The fourth-order valence-corrected chi connectivity index (χ4v) is 2.42. The lowest BCUT2D eigenvalue weighted by Crippen LogP contribution is -2.02. The molecular formula is C21H19N3. The fourth-order valence-electron chi connectivity index (χ4n) is 2.42. The second-order valence-corrected chi connectivity index (χ2v) is 5.28. The Hall–Kier alpha value is -3.07. The minimum absolute atomic E-state index is 0.684. The van der Waals surface area contributed by atoms with Crippen molar-refractivity contribution in [3.63, 3.8) is 0 Å². The molecule has 1 aromatic heterocycles. The van der Waals surface area contributed by atoms with Crippen LogP contribution >= 0.6 is 0 Å². The molecule has 0 aliphatic carbocycles. The van der Waals surface area contributed by atoms with Gasteiger partial charge in [-0.25, -0.2) is 15.0 Å². The van der Waals surface area contributed by atoms with Crippen LogP contribution in [0.4, 0.5) is 0 Å². The van der Waals surface area contributed by atoms with Crippen LogP contribution in [0.15, 0.2) is 78.9 Å². The molecule has 0 fully saturated rings. The van der Waals surface area contributed by atoms with Crippen molar-refractivity contribution >= 4 is 5.57 Å². The molecule has 0 unspecified atom stereocenters. The Morgan fingerprint density at radius 2 is 1.21 bits per heavy atom. The third kappa shape index (κ3) is 3.46. The number of hydrogen-bond donors (Lipinski definition) is 0. The fraction of sp³-hybridized carbons (Fsp3) is 0.0952. The summed E-state index contributed by atoms with van der Waals surface area (Å²) in [6.45, 7) is 3.98. The molecule has 0 radical (unpaired) electrons. The highest BCUT2D eigenvalue weighted by molar-refractivity contribution is 5.72. The normalized spacial score (nSPS) is 11.8. The Balaban J connectivity index is 2.20. The lowest BCUT2D eigenvalue weighted by atomic mass is 10.1. The minimum Gasteiger partial charge on any atom is -0.208 e. The first-order valence-corrected chi connectivity index (χ1v) is 7.98. The summed E-state index contributed by atoms with van der Waals surface area (Å²) in [6, 6.07) is 20.0. The van der Waals surface area contributed by atoms with Gasteiger partial charge in [0.15, 0.2) is 17.5 Å². The summed E-state index contributed by atoms with van der Waals surface area (Å²) in [7, 11) is 0. The van der Waals surface area contributed by atoms with Crippen LogP contribution in [0.25, 0.3) is 28.3 Å². The van der Waals surface area contributed by atoms with Gasteiger partial charge in [0, 0.05) is 16.7 Å². The second-order valence-electron chi connectivity index (χ2n) is 5.28. The van der Waals surface area contributed by atoms with E-state index in [1.807, 2.05) is 92.7 Å². The van der Waals surface area contributed by atoms with Gasteiger partial charge in [0.25, 0.3) is 0 Å². The Morgan fingerprint density at radius 3 is 1.62 bits per heavy atom. The van der Waals surface area contributed by atoms with Crippen LogP contribution in [0.5, 0.6) is 0 Å². The Kier molecular flexibility index (Phi) is 4.92. The van der Waals surface area contributed by atoms with E-state index in [1.54, 1.807) is 0 Å². The first-order chi connectivity index (χ1) is 11.8. The highest BCUT2D eigenvalue weighted by Crippen LogP contribution is 2.22. The van der Waals surface area contributed by atoms with Crippen LogP contribution in [0.1, 0.15) is 19.7 Å². The molecule has 0 saturated heterocycles. The molecule has 0 atom stereocenters. The summed E-state index contributed by atoms with van der Waals surface area (Å²) in [5.74, 6) is 2.05. The number of benzene rings is 2. The quantitative estimate of drug-likeness (QED) is 0.623. The molecule has 0 amide bonds. The predicted octanol–water partition coefficient (Wildman–Crippen LogP) is 5.19. The molecule has 3 nitrogen and oxygen atoms in total. The van der Waals surface area contributed by atoms with E-state index in [9.17, 15) is 0 Å². The summed E-state index contributed by atoms with van der Waals surface area (Å²) in [6.07, 6.45) is 6.02. The summed E-state index contributed by atoms with van der Waals surface area (Å²) < 4.78 is 0. The van der Waals surface area contributed by atoms with Crippen LogP contribution in [-0.2, 0) is 0 Å². The van der Waals surface area contributed by atoms with Gasteiger partial charge in [-0.05, 0) is 13.8 Å². The SMILES string of the molecule is C/C=C\C(=C/C)c1nc(-c2ccccc2)nc(-c2ccccc2)n1. The van der Waals surface area contributed by atoms with E-state index in [2.05, 4.69) is 15.0 Å². The van der Waals surface area contributed by atoms with Gasteiger partial charge in [-0.3, -0.25) is 0 Å². The maximum atomic E-state index is 4.68. The largest absolute Gasteiger partial charge is 0.208 e. The topological polar surface area (TPSA) is 38.7 Å². The van der Waals surface area contributed by atoms with Gasteiger partial charge in [-0.1, -0.05) is 78.9 Å². The second kappa shape index (κ2) is 7.47. The maximum absolute atomic E-state index is 4.68. The van der Waals surface area contributed by atoms with E-state index in [0.717, 1.165) is 16.7 Å². The maximum Gasteiger partial charge on any atom is 0.164 e. The number of aromatic nitrogens is 3. The van der Waals surface area contributed by atoms with Crippen LogP contribution in [0.3, 0.4) is 0 Å². The summed E-state index contributed by atoms with van der Waals surface area (Å²) in [4.78, 5) is 14.0. The van der Waals surface area contributed by atoms with E-state index in [0.29, 0.717) is 17.5 Å². The number of rotatable bonds is 4. The van der Waals surface area contributed by atoms with Crippen LogP contribution in [-0.4, -0.2) is 15.0 Å². The Labute approximate surface area is 142 Å². The molecule has 118 valence electrons. The van der Waals surface area contributed by atoms with Gasteiger partial charge in [0.2, 0.25) is 0 Å². The minimum atomic E-state index is 0.684. The third-order valence-corrected chi connectivity index (χ3v) is 3.61. The average molecular weight is 313 g/mol. The molecule has 3 aromatic rings. The zero-order valence-corrected chi connectivity index (χ0v) is 13.8. The third-order valence-electron chi connectivity index (χ3n) is 3.61. The van der Waals surface area contributed by atoms with Crippen molar-refractivity contribution in [3.8, 4) is 22.8 Å². The van der Waals surface area contributed by atoms with Crippen LogP contribution < -0.4 is 0 Å². The van der Waals surface area contributed by atoms with Crippen molar-refractivity contribution in [3.05, 3.63) is 84.7 Å². The molecule has 0 spiro atoms. The highest BCUT2D eigenvalue weighted by atomic mass is 15.0. The molecule has 0 saturated carbocycles. The van der Waals surface area contributed by atoms with Gasteiger partial charge in [-0.15, -0.1) is 0 Å². The van der Waals surface area contributed by atoms with E-state index in [1.165, 1.54) is 0 Å². The van der Waals surface area contributed by atoms with Gasteiger partial charge in [0.1, 0.15) is 0 Å². The standard InChI is InChI=1S/C21H19N3/c1-3-11-16(4-2)19-22-20(17-12-7-5-8-13-17)24-21(23-19)18-14-9-6-10-15-18/h3-15H,1-2H3/b11-3-,16-4+. The van der Waals surface area contributed by atoms with Crippen molar-refractivity contribution in [2.24, 2.45) is 0 Å². The molecule has 3 rings (SSSR count). The highest BCUT2D eigenvalue weighted by Gasteiger charge is 2.11. The monoisotopic (exact) mass is 313 g/mol. The van der Waals surface area contributed by atoms with Crippen molar-refractivity contribution in [1.82, 2.24) is 15.0 Å². The zero-order valence-electron chi connectivity index (χ0n) is 13.8. The Morgan fingerprint density at radius 1 is 0.708 bits per heavy atom. The lowest BCUT2D eigenvalue weighted by Gasteiger charge is -2.08. The summed E-state index contributed by atoms with van der Waals surface area (Å²) in [5.41, 5.74) is 2.94. The van der Waals surface area contributed by atoms with Crippen LogP contribution in [0.2, 0.25) is 0 Å². The van der Waals surface area contributed by atoms with Crippen molar-refractivity contribution in [2.45, 2.75) is 13.8 Å². The zero-order chi connectivity index (χ0) is 16.8. The van der Waals surface area contributed by atoms with Crippen molar-refractivity contribution in [1.29, 1.82) is 0 Å². The molecule has 0 aliphatic rings. The molecule has 0 aliphatic heterocycles. The molecular weight excluding hydrogens is 294 g/mol. The molecule has 24 heavy (non-hydrogen) atoms. The van der Waals surface area contributed by atoms with Gasteiger partial charge in [-0.2, -0.15) is 0 Å². The lowest BCUT2D eigenvalue weighted by molar-refractivity contribution is 1.04. The number of hydrogen-bond acceptors (Lipinski definition) is 3. The van der Waals surface area contributed by atoms with E-state index >= 15 is 0 Å². The summed E-state index contributed by atoms with van der Waals surface area (Å²) >= 11 is 0. The summed E-state index contributed by atoms with van der Waals surface area (Å²) in [5, 5.41) is 0. The van der Waals surface area contributed by atoms with Gasteiger partial charge in [0.05, 0.1) is 0 Å².